The van der Waals surface area contributed by atoms with Gasteiger partial charge in [0.15, 0.2) is 0 Å². The van der Waals surface area contributed by atoms with Crippen LogP contribution in [0.5, 0.6) is 0 Å². The highest BCUT2D eigenvalue weighted by Crippen LogP contribution is 2.25. The third kappa shape index (κ3) is 3.31. The summed E-state index contributed by atoms with van der Waals surface area (Å²) in [6.07, 6.45) is 1.09. The zero-order chi connectivity index (χ0) is 10.4. The Bertz CT molecular complexity index is 251. The van der Waals surface area contributed by atoms with Crippen molar-refractivity contribution in [2.24, 2.45) is 0 Å². The van der Waals surface area contributed by atoms with E-state index in [9.17, 15) is 0 Å². The molecule has 0 saturated carbocycles. The molecule has 0 spiro atoms. The molecule has 80 valence electrons. The minimum absolute atomic E-state index is 0.794. The third-order valence-electron chi connectivity index (χ3n) is 2.06. The summed E-state index contributed by atoms with van der Waals surface area (Å²) in [5, 5.41) is 5.59. The monoisotopic (exact) mass is 213 g/mol. The molecule has 0 aliphatic rings. The van der Waals surface area contributed by atoms with E-state index in [2.05, 4.69) is 31.5 Å². The maximum Gasteiger partial charge on any atom is 0.0639 e. The van der Waals surface area contributed by atoms with Crippen LogP contribution >= 0.6 is 11.3 Å². The molecule has 0 amide bonds. The van der Waals surface area contributed by atoms with Gasteiger partial charge in [-0.2, -0.15) is 0 Å². The molecule has 1 heterocycles. The lowest BCUT2D eigenvalue weighted by atomic mass is 10.3. The molecule has 1 aromatic rings. The molecule has 0 unspecified atom stereocenters. The predicted octanol–water partition coefficient (Wildman–Crippen LogP) is 3.20. The van der Waals surface area contributed by atoms with E-state index < -0.39 is 0 Å². The Kier molecular flexibility index (Phi) is 4.98. The van der Waals surface area contributed by atoms with Crippen LogP contribution in [0, 0.1) is 13.8 Å². The minimum Gasteiger partial charge on any atom is -0.382 e. The maximum absolute atomic E-state index is 5.40. The van der Waals surface area contributed by atoms with Crippen molar-refractivity contribution in [3.8, 4) is 0 Å². The Morgan fingerprint density at radius 1 is 1.36 bits per heavy atom. The summed E-state index contributed by atoms with van der Waals surface area (Å²) in [4.78, 5) is 1.36. The molecular formula is C11H19NOS. The lowest BCUT2D eigenvalue weighted by Gasteiger charge is -2.07. The smallest absolute Gasteiger partial charge is 0.0639 e. The van der Waals surface area contributed by atoms with E-state index in [4.69, 9.17) is 4.74 Å². The molecule has 0 aliphatic carbocycles. The van der Waals surface area contributed by atoms with Crippen LogP contribution in [0.15, 0.2) is 5.38 Å². The second-order valence-electron chi connectivity index (χ2n) is 3.39. The van der Waals surface area contributed by atoms with Crippen molar-refractivity contribution in [2.75, 3.05) is 25.1 Å². The molecule has 0 atom stereocenters. The molecule has 0 radical (unpaired) electrons. The van der Waals surface area contributed by atoms with Crippen molar-refractivity contribution < 1.29 is 4.74 Å². The molecule has 0 aromatic carbocycles. The first-order valence-electron chi connectivity index (χ1n) is 5.12. The van der Waals surface area contributed by atoms with Crippen molar-refractivity contribution in [3.05, 3.63) is 15.8 Å². The zero-order valence-electron chi connectivity index (χ0n) is 9.22. The van der Waals surface area contributed by atoms with Crippen LogP contribution in [0.2, 0.25) is 0 Å². The van der Waals surface area contributed by atoms with E-state index >= 15 is 0 Å². The second kappa shape index (κ2) is 6.04. The van der Waals surface area contributed by atoms with Crippen LogP contribution in [-0.4, -0.2) is 19.8 Å². The number of thiophene rings is 1. The summed E-state index contributed by atoms with van der Waals surface area (Å²) in [6, 6.07) is 0. The normalized spacial score (nSPS) is 10.5. The van der Waals surface area contributed by atoms with E-state index in [-0.39, 0.29) is 0 Å². The summed E-state index contributed by atoms with van der Waals surface area (Å²) >= 11 is 1.80. The average molecular weight is 213 g/mol. The number of hydrogen-bond donors (Lipinski definition) is 1. The van der Waals surface area contributed by atoms with Gasteiger partial charge in [0, 0.05) is 18.0 Å². The molecular weight excluding hydrogens is 194 g/mol. The highest BCUT2D eigenvalue weighted by Gasteiger charge is 2.02. The summed E-state index contributed by atoms with van der Waals surface area (Å²) in [5.41, 5.74) is 2.62. The topological polar surface area (TPSA) is 21.3 Å². The number of nitrogens with one attached hydrogen (secondary N) is 1. The van der Waals surface area contributed by atoms with Gasteiger partial charge >= 0.3 is 0 Å². The molecule has 1 aromatic heterocycles. The molecule has 0 saturated heterocycles. The fraction of sp³-hybridized carbons (Fsp3) is 0.636. The first-order chi connectivity index (χ1) is 6.75. The van der Waals surface area contributed by atoms with Gasteiger partial charge in [0.05, 0.1) is 12.3 Å². The largest absolute Gasteiger partial charge is 0.382 e. The molecule has 2 nitrogen and oxygen atoms in total. The Morgan fingerprint density at radius 3 is 2.71 bits per heavy atom. The maximum atomic E-state index is 5.40. The third-order valence-corrected chi connectivity index (χ3v) is 3.08. The van der Waals surface area contributed by atoms with Gasteiger partial charge in [-0.25, -0.2) is 0 Å². The summed E-state index contributed by atoms with van der Waals surface area (Å²) in [6.45, 7) is 8.97. The summed E-state index contributed by atoms with van der Waals surface area (Å²) < 4.78 is 5.40. The molecule has 0 fully saturated rings. The Hall–Kier alpha value is -0.540. The van der Waals surface area contributed by atoms with Gasteiger partial charge in [0.25, 0.3) is 0 Å². The fourth-order valence-electron chi connectivity index (χ4n) is 1.33. The predicted molar refractivity (Wildman–Crippen MR) is 63.4 cm³/mol. The van der Waals surface area contributed by atoms with E-state index in [1.165, 1.54) is 16.1 Å². The first kappa shape index (κ1) is 11.5. The van der Waals surface area contributed by atoms with Crippen molar-refractivity contribution in [3.63, 3.8) is 0 Å². The van der Waals surface area contributed by atoms with E-state index in [0.29, 0.717) is 0 Å². The molecule has 1 N–H and O–H groups in total. The van der Waals surface area contributed by atoms with Crippen molar-refractivity contribution in [1.82, 2.24) is 0 Å². The lowest BCUT2D eigenvalue weighted by molar-refractivity contribution is 0.144. The Morgan fingerprint density at radius 2 is 2.14 bits per heavy atom. The summed E-state index contributed by atoms with van der Waals surface area (Å²) in [5.74, 6) is 0. The highest BCUT2D eigenvalue weighted by atomic mass is 32.1. The standard InChI is InChI=1S/C11H19NOS/c1-4-6-13-7-5-12-11-9(2)8-14-10(11)3/h8,12H,4-7H2,1-3H3. The lowest BCUT2D eigenvalue weighted by Crippen LogP contribution is -2.10. The van der Waals surface area contributed by atoms with Gasteiger partial charge in [-0.15, -0.1) is 11.3 Å². The molecule has 3 heteroatoms. The van der Waals surface area contributed by atoms with Gasteiger partial charge < -0.3 is 10.1 Å². The van der Waals surface area contributed by atoms with Crippen LogP contribution < -0.4 is 5.32 Å². The van der Waals surface area contributed by atoms with Crippen molar-refractivity contribution >= 4 is 17.0 Å². The second-order valence-corrected chi connectivity index (χ2v) is 4.47. The first-order valence-corrected chi connectivity index (χ1v) is 6.00. The Balaban J connectivity index is 2.24. The number of ether oxygens (including phenoxy) is 1. The number of rotatable bonds is 6. The van der Waals surface area contributed by atoms with Gasteiger partial charge in [-0.3, -0.25) is 0 Å². The molecule has 14 heavy (non-hydrogen) atoms. The molecule has 0 aliphatic heterocycles. The van der Waals surface area contributed by atoms with E-state index in [0.717, 1.165) is 26.2 Å². The van der Waals surface area contributed by atoms with Crippen LogP contribution in [0.3, 0.4) is 0 Å². The van der Waals surface area contributed by atoms with Crippen LogP contribution in [-0.2, 0) is 4.74 Å². The highest BCUT2D eigenvalue weighted by molar-refractivity contribution is 7.10. The van der Waals surface area contributed by atoms with Gasteiger partial charge in [-0.05, 0) is 31.2 Å². The molecule has 1 rings (SSSR count). The van der Waals surface area contributed by atoms with E-state index in [1.54, 1.807) is 11.3 Å². The average Bonchev–Trinajstić information content (AvgIpc) is 2.48. The number of anilines is 1. The van der Waals surface area contributed by atoms with E-state index in [1.807, 2.05) is 0 Å². The minimum atomic E-state index is 0.794. The SMILES string of the molecule is CCCOCCNc1c(C)csc1C. The van der Waals surface area contributed by atoms with Crippen LogP contribution in [0.4, 0.5) is 5.69 Å². The van der Waals surface area contributed by atoms with Gasteiger partial charge in [0.1, 0.15) is 0 Å². The van der Waals surface area contributed by atoms with Crippen LogP contribution in [0.25, 0.3) is 0 Å². The van der Waals surface area contributed by atoms with Crippen LogP contribution in [0.1, 0.15) is 23.8 Å². The zero-order valence-corrected chi connectivity index (χ0v) is 10.0. The summed E-state index contributed by atoms with van der Waals surface area (Å²) in [7, 11) is 0. The van der Waals surface area contributed by atoms with Crippen molar-refractivity contribution in [1.29, 1.82) is 0 Å². The van der Waals surface area contributed by atoms with Crippen molar-refractivity contribution in [2.45, 2.75) is 27.2 Å². The number of aryl methyl sites for hydroxylation is 2. The van der Waals surface area contributed by atoms with Gasteiger partial charge in [-0.1, -0.05) is 6.92 Å². The fourth-order valence-corrected chi connectivity index (χ4v) is 2.15. The van der Waals surface area contributed by atoms with Gasteiger partial charge in [0.2, 0.25) is 0 Å². The quantitative estimate of drug-likeness (QED) is 0.733. The Labute approximate surface area is 90.3 Å². The number of hydrogen-bond acceptors (Lipinski definition) is 3. The molecule has 0 bridgehead atoms.